The number of carbonyl (C=O) groups is 2. The summed E-state index contributed by atoms with van der Waals surface area (Å²) in [5.41, 5.74) is 0.422. The highest BCUT2D eigenvalue weighted by atomic mass is 32.2. The number of ketones is 1. The molecule has 0 saturated heterocycles. The molecule has 21 heavy (non-hydrogen) atoms. The summed E-state index contributed by atoms with van der Waals surface area (Å²) in [7, 11) is -2.28. The van der Waals surface area contributed by atoms with Gasteiger partial charge in [-0.3, -0.25) is 9.59 Å². The molecule has 0 aliphatic rings. The van der Waals surface area contributed by atoms with Crippen molar-refractivity contribution in [2.24, 2.45) is 0 Å². The van der Waals surface area contributed by atoms with Crippen LogP contribution in [0.4, 0.5) is 0 Å². The molecule has 1 amide bonds. The lowest BCUT2D eigenvalue weighted by Crippen LogP contribution is -2.38. The zero-order valence-electron chi connectivity index (χ0n) is 11.9. The van der Waals surface area contributed by atoms with Crippen molar-refractivity contribution >= 4 is 21.7 Å². The van der Waals surface area contributed by atoms with E-state index in [9.17, 15) is 18.0 Å². The van der Waals surface area contributed by atoms with Gasteiger partial charge in [0.25, 0.3) is 0 Å². The van der Waals surface area contributed by atoms with Crippen molar-refractivity contribution in [3.05, 3.63) is 29.8 Å². The molecule has 1 rings (SSSR count). The fourth-order valence-corrected chi connectivity index (χ4v) is 2.45. The highest BCUT2D eigenvalue weighted by Crippen LogP contribution is 2.10. The molecule has 0 aromatic heterocycles. The smallest absolute Gasteiger partial charge is 0.241 e. The van der Waals surface area contributed by atoms with Gasteiger partial charge in [-0.25, -0.2) is 13.1 Å². The van der Waals surface area contributed by atoms with Crippen LogP contribution < -0.4 is 10.0 Å². The van der Waals surface area contributed by atoms with Gasteiger partial charge < -0.3 is 10.1 Å². The highest BCUT2D eigenvalue weighted by Gasteiger charge is 2.15. The third kappa shape index (κ3) is 5.62. The first-order valence-corrected chi connectivity index (χ1v) is 7.71. The number of sulfonamides is 1. The van der Waals surface area contributed by atoms with Gasteiger partial charge in [0.2, 0.25) is 15.9 Å². The van der Waals surface area contributed by atoms with Gasteiger partial charge in [-0.05, 0) is 19.1 Å². The Hall–Kier alpha value is -1.77. The Labute approximate surface area is 123 Å². The minimum Gasteiger partial charge on any atom is -0.383 e. The molecule has 0 aliphatic heterocycles. The summed E-state index contributed by atoms with van der Waals surface area (Å²) >= 11 is 0. The second-order valence-corrected chi connectivity index (χ2v) is 6.01. The van der Waals surface area contributed by atoms with Crippen LogP contribution in [0.3, 0.4) is 0 Å². The lowest BCUT2D eigenvalue weighted by atomic mass is 10.2. The average molecular weight is 314 g/mol. The predicted molar refractivity (Wildman–Crippen MR) is 76.5 cm³/mol. The van der Waals surface area contributed by atoms with Crippen LogP contribution in [-0.2, 0) is 19.6 Å². The van der Waals surface area contributed by atoms with Gasteiger partial charge in [0, 0.05) is 19.2 Å². The van der Waals surface area contributed by atoms with Crippen molar-refractivity contribution in [1.29, 1.82) is 0 Å². The number of methoxy groups -OCH3 is 1. The molecule has 8 heteroatoms. The second-order valence-electron chi connectivity index (χ2n) is 4.25. The molecule has 0 fully saturated rings. The fraction of sp³-hybridized carbons (Fsp3) is 0.385. The first-order chi connectivity index (χ1) is 9.86. The number of ether oxygens (including phenoxy) is 1. The van der Waals surface area contributed by atoms with Gasteiger partial charge in [-0.15, -0.1) is 0 Å². The molecule has 0 radical (unpaired) electrons. The van der Waals surface area contributed by atoms with E-state index in [4.69, 9.17) is 4.74 Å². The molecule has 0 unspecified atom stereocenters. The average Bonchev–Trinajstić information content (AvgIpc) is 2.45. The summed E-state index contributed by atoms with van der Waals surface area (Å²) in [5, 5.41) is 2.50. The Morgan fingerprint density at radius 1 is 1.19 bits per heavy atom. The number of benzene rings is 1. The minimum atomic E-state index is -3.78. The summed E-state index contributed by atoms with van der Waals surface area (Å²) in [6.45, 7) is 1.70. The molecule has 0 saturated carbocycles. The van der Waals surface area contributed by atoms with Gasteiger partial charge in [-0.2, -0.15) is 0 Å². The minimum absolute atomic E-state index is 0.00260. The van der Waals surface area contributed by atoms with E-state index in [1.165, 1.54) is 38.3 Å². The Balaban J connectivity index is 2.61. The third-order valence-corrected chi connectivity index (χ3v) is 4.04. The number of rotatable bonds is 8. The number of hydrogen-bond donors (Lipinski definition) is 2. The zero-order valence-corrected chi connectivity index (χ0v) is 12.7. The quantitative estimate of drug-likeness (QED) is 0.516. The molecule has 0 heterocycles. The zero-order chi connectivity index (χ0) is 15.9. The lowest BCUT2D eigenvalue weighted by Gasteiger charge is -2.08. The summed E-state index contributed by atoms with van der Waals surface area (Å²) in [5.74, 6) is -0.597. The van der Waals surface area contributed by atoms with Gasteiger partial charge in [-0.1, -0.05) is 12.1 Å². The maximum Gasteiger partial charge on any atom is 0.241 e. The van der Waals surface area contributed by atoms with E-state index in [-0.39, 0.29) is 17.2 Å². The highest BCUT2D eigenvalue weighted by molar-refractivity contribution is 7.89. The summed E-state index contributed by atoms with van der Waals surface area (Å²) in [6.07, 6.45) is 0. The monoisotopic (exact) mass is 314 g/mol. The van der Waals surface area contributed by atoms with Gasteiger partial charge in [0.05, 0.1) is 18.0 Å². The molecular weight excluding hydrogens is 296 g/mol. The number of hydrogen-bond acceptors (Lipinski definition) is 5. The van der Waals surface area contributed by atoms with Crippen LogP contribution in [0.2, 0.25) is 0 Å². The first kappa shape index (κ1) is 17.3. The third-order valence-electron chi connectivity index (χ3n) is 2.62. The van der Waals surface area contributed by atoms with E-state index in [2.05, 4.69) is 10.0 Å². The van der Waals surface area contributed by atoms with Crippen molar-refractivity contribution in [2.75, 3.05) is 26.8 Å². The Kier molecular flexibility index (Phi) is 6.47. The molecule has 2 N–H and O–H groups in total. The maximum atomic E-state index is 11.9. The molecule has 0 atom stereocenters. The topological polar surface area (TPSA) is 102 Å². The van der Waals surface area contributed by atoms with Crippen molar-refractivity contribution < 1.29 is 22.7 Å². The van der Waals surface area contributed by atoms with Crippen LogP contribution in [0, 0.1) is 0 Å². The van der Waals surface area contributed by atoms with E-state index in [1.54, 1.807) is 0 Å². The van der Waals surface area contributed by atoms with Gasteiger partial charge in [0.1, 0.15) is 0 Å². The molecule has 0 bridgehead atoms. The SMILES string of the molecule is COCCNC(=O)CNS(=O)(=O)c1ccc(C(C)=O)cc1. The molecule has 0 spiro atoms. The Bertz CT molecular complexity index is 595. The van der Waals surface area contributed by atoms with Crippen LogP contribution in [0.25, 0.3) is 0 Å². The summed E-state index contributed by atoms with van der Waals surface area (Å²) in [4.78, 5) is 22.5. The largest absolute Gasteiger partial charge is 0.383 e. The standard InChI is InChI=1S/C13H18N2O5S/c1-10(16)11-3-5-12(6-4-11)21(18,19)15-9-13(17)14-7-8-20-2/h3-6,15H,7-9H2,1-2H3,(H,14,17). The number of nitrogens with one attached hydrogen (secondary N) is 2. The van der Waals surface area contributed by atoms with E-state index in [0.717, 1.165) is 0 Å². The lowest BCUT2D eigenvalue weighted by molar-refractivity contribution is -0.120. The number of carbonyl (C=O) groups excluding carboxylic acids is 2. The first-order valence-electron chi connectivity index (χ1n) is 6.23. The van der Waals surface area contributed by atoms with Crippen LogP contribution in [0.5, 0.6) is 0 Å². The van der Waals surface area contributed by atoms with E-state index in [0.29, 0.717) is 18.7 Å². The molecule has 1 aromatic carbocycles. The molecule has 1 aromatic rings. The molecule has 0 aliphatic carbocycles. The fourth-order valence-electron chi connectivity index (χ4n) is 1.47. The van der Waals surface area contributed by atoms with E-state index >= 15 is 0 Å². The van der Waals surface area contributed by atoms with Crippen molar-refractivity contribution in [2.45, 2.75) is 11.8 Å². The molecular formula is C13H18N2O5S. The van der Waals surface area contributed by atoms with Crippen molar-refractivity contribution in [3.8, 4) is 0 Å². The van der Waals surface area contributed by atoms with Crippen LogP contribution in [-0.4, -0.2) is 46.9 Å². The summed E-state index contributed by atoms with van der Waals surface area (Å²) < 4.78 is 30.8. The van der Waals surface area contributed by atoms with Crippen LogP contribution in [0.1, 0.15) is 17.3 Å². The van der Waals surface area contributed by atoms with Gasteiger partial charge in [0.15, 0.2) is 5.78 Å². The maximum absolute atomic E-state index is 11.9. The predicted octanol–water partition coefficient (Wildman–Crippen LogP) is -0.0699. The van der Waals surface area contributed by atoms with E-state index in [1.807, 2.05) is 0 Å². The van der Waals surface area contributed by atoms with Crippen LogP contribution in [0.15, 0.2) is 29.2 Å². The van der Waals surface area contributed by atoms with E-state index < -0.39 is 15.9 Å². The van der Waals surface area contributed by atoms with Gasteiger partial charge >= 0.3 is 0 Å². The Morgan fingerprint density at radius 2 is 1.81 bits per heavy atom. The normalized spacial score (nSPS) is 11.1. The Morgan fingerprint density at radius 3 is 2.33 bits per heavy atom. The number of amides is 1. The van der Waals surface area contributed by atoms with Crippen molar-refractivity contribution in [1.82, 2.24) is 10.0 Å². The molecule has 7 nitrogen and oxygen atoms in total. The van der Waals surface area contributed by atoms with Crippen molar-refractivity contribution in [3.63, 3.8) is 0 Å². The van der Waals surface area contributed by atoms with Crippen LogP contribution >= 0.6 is 0 Å². The second kappa shape index (κ2) is 7.87. The number of Topliss-reactive ketones (excluding diaryl/α,β-unsaturated/α-hetero) is 1. The summed E-state index contributed by atoms with van der Waals surface area (Å²) in [6, 6.07) is 5.49. The molecule has 116 valence electrons.